The molecule has 1 aliphatic rings. The predicted octanol–water partition coefficient (Wildman–Crippen LogP) is 2.53. The normalized spacial score (nSPS) is 16.1. The largest absolute Gasteiger partial charge is 0.353 e. The molecular weight excluding hydrogens is 260 g/mol. The van der Waals surface area contributed by atoms with Crippen LogP contribution in [-0.2, 0) is 11.2 Å². The van der Waals surface area contributed by atoms with E-state index in [4.69, 9.17) is 11.6 Å². The Hall–Kier alpha value is -1.06. The molecule has 1 aromatic carbocycles. The van der Waals surface area contributed by atoms with Gasteiger partial charge in [0.15, 0.2) is 0 Å². The summed E-state index contributed by atoms with van der Waals surface area (Å²) in [5, 5.41) is 7.11. The highest BCUT2D eigenvalue weighted by Crippen LogP contribution is 2.18. The lowest BCUT2D eigenvalue weighted by molar-refractivity contribution is -0.121. The highest BCUT2D eigenvalue weighted by Gasteiger charge is 2.20. The van der Waals surface area contributed by atoms with Crippen molar-refractivity contribution in [3.05, 3.63) is 34.9 Å². The molecule has 0 aromatic heterocycles. The van der Waals surface area contributed by atoms with E-state index in [1.165, 1.54) is 18.4 Å². The van der Waals surface area contributed by atoms with E-state index < -0.39 is 0 Å². The van der Waals surface area contributed by atoms with E-state index >= 15 is 0 Å². The standard InChI is InChI=1S/C15H21ClN2O/c1-11(10-12-2-4-13(16)5-3-12)18-15(19)8-9-17-14-6-7-14/h2-5,11,14,17H,6-10H2,1H3,(H,18,19). The third-order valence-electron chi connectivity index (χ3n) is 3.22. The Morgan fingerprint density at radius 3 is 2.68 bits per heavy atom. The molecule has 1 saturated carbocycles. The number of hydrogen-bond donors (Lipinski definition) is 2. The summed E-state index contributed by atoms with van der Waals surface area (Å²) in [6.07, 6.45) is 3.91. The zero-order valence-corrected chi connectivity index (χ0v) is 12.0. The maximum Gasteiger partial charge on any atom is 0.221 e. The van der Waals surface area contributed by atoms with Crippen molar-refractivity contribution < 1.29 is 4.79 Å². The molecule has 4 heteroatoms. The molecule has 1 amide bonds. The van der Waals surface area contributed by atoms with Crippen LogP contribution in [0.3, 0.4) is 0 Å². The summed E-state index contributed by atoms with van der Waals surface area (Å²) in [4.78, 5) is 11.7. The first kappa shape index (κ1) is 14.4. The van der Waals surface area contributed by atoms with Gasteiger partial charge >= 0.3 is 0 Å². The minimum atomic E-state index is 0.120. The quantitative estimate of drug-likeness (QED) is 0.806. The number of nitrogens with one attached hydrogen (secondary N) is 2. The summed E-state index contributed by atoms with van der Waals surface area (Å²) in [7, 11) is 0. The van der Waals surface area contributed by atoms with Gasteiger partial charge in [-0.2, -0.15) is 0 Å². The van der Waals surface area contributed by atoms with E-state index in [0.29, 0.717) is 12.5 Å². The lowest BCUT2D eigenvalue weighted by Gasteiger charge is -2.14. The Morgan fingerprint density at radius 2 is 2.05 bits per heavy atom. The first-order chi connectivity index (χ1) is 9.13. The third kappa shape index (κ3) is 5.62. The highest BCUT2D eigenvalue weighted by molar-refractivity contribution is 6.30. The van der Waals surface area contributed by atoms with Crippen molar-refractivity contribution in [3.8, 4) is 0 Å². The topological polar surface area (TPSA) is 41.1 Å². The van der Waals surface area contributed by atoms with Crippen molar-refractivity contribution in [2.75, 3.05) is 6.54 Å². The molecule has 104 valence electrons. The van der Waals surface area contributed by atoms with Crippen LogP contribution in [0.15, 0.2) is 24.3 Å². The Morgan fingerprint density at radius 1 is 1.37 bits per heavy atom. The maximum atomic E-state index is 11.7. The van der Waals surface area contributed by atoms with E-state index in [2.05, 4.69) is 10.6 Å². The molecule has 2 rings (SSSR count). The second-order valence-electron chi connectivity index (χ2n) is 5.28. The second kappa shape index (κ2) is 6.92. The summed E-state index contributed by atoms with van der Waals surface area (Å²) in [6.45, 7) is 2.81. The SMILES string of the molecule is CC(Cc1ccc(Cl)cc1)NC(=O)CCNC1CC1. The zero-order chi connectivity index (χ0) is 13.7. The van der Waals surface area contributed by atoms with Crippen LogP contribution in [0.2, 0.25) is 5.02 Å². The van der Waals surface area contributed by atoms with Crippen LogP contribution in [0.25, 0.3) is 0 Å². The van der Waals surface area contributed by atoms with Gasteiger partial charge in [0, 0.05) is 30.1 Å². The van der Waals surface area contributed by atoms with Crippen molar-refractivity contribution >= 4 is 17.5 Å². The van der Waals surface area contributed by atoms with Crippen molar-refractivity contribution in [1.82, 2.24) is 10.6 Å². The van der Waals surface area contributed by atoms with Gasteiger partial charge in [0.2, 0.25) is 5.91 Å². The van der Waals surface area contributed by atoms with Crippen LogP contribution in [0.5, 0.6) is 0 Å². The summed E-state index contributed by atoms with van der Waals surface area (Å²) in [5.41, 5.74) is 1.19. The number of rotatable bonds is 7. The monoisotopic (exact) mass is 280 g/mol. The molecular formula is C15H21ClN2O. The maximum absolute atomic E-state index is 11.7. The van der Waals surface area contributed by atoms with Gasteiger partial charge in [0.1, 0.15) is 0 Å². The van der Waals surface area contributed by atoms with E-state index in [1.807, 2.05) is 31.2 Å². The molecule has 3 nitrogen and oxygen atoms in total. The lowest BCUT2D eigenvalue weighted by atomic mass is 10.1. The molecule has 0 heterocycles. The number of benzene rings is 1. The first-order valence-corrected chi connectivity index (χ1v) is 7.28. The molecule has 0 saturated heterocycles. The van der Waals surface area contributed by atoms with Crippen LogP contribution in [0.1, 0.15) is 31.7 Å². The minimum Gasteiger partial charge on any atom is -0.353 e. The fourth-order valence-electron chi connectivity index (χ4n) is 2.05. The van der Waals surface area contributed by atoms with Gasteiger partial charge in [0.25, 0.3) is 0 Å². The molecule has 1 atom stereocenters. The Kier molecular flexibility index (Phi) is 5.23. The zero-order valence-electron chi connectivity index (χ0n) is 11.3. The first-order valence-electron chi connectivity index (χ1n) is 6.90. The smallest absolute Gasteiger partial charge is 0.221 e. The van der Waals surface area contributed by atoms with Gasteiger partial charge in [0.05, 0.1) is 0 Å². The van der Waals surface area contributed by atoms with Gasteiger partial charge in [-0.1, -0.05) is 23.7 Å². The Labute approximate surface area is 119 Å². The number of carbonyl (C=O) groups excluding carboxylic acids is 1. The van der Waals surface area contributed by atoms with E-state index in [9.17, 15) is 4.79 Å². The molecule has 0 spiro atoms. The molecule has 0 aliphatic heterocycles. The molecule has 2 N–H and O–H groups in total. The fraction of sp³-hybridized carbons (Fsp3) is 0.533. The average Bonchev–Trinajstić information content (AvgIpc) is 3.16. The average molecular weight is 281 g/mol. The molecule has 1 aliphatic carbocycles. The van der Waals surface area contributed by atoms with Crippen LogP contribution in [-0.4, -0.2) is 24.5 Å². The summed E-state index contributed by atoms with van der Waals surface area (Å²) >= 11 is 5.84. The van der Waals surface area contributed by atoms with Crippen LogP contribution < -0.4 is 10.6 Å². The predicted molar refractivity (Wildman–Crippen MR) is 78.4 cm³/mol. The van der Waals surface area contributed by atoms with Gasteiger partial charge in [-0.15, -0.1) is 0 Å². The van der Waals surface area contributed by atoms with Crippen molar-refractivity contribution in [2.45, 2.75) is 44.7 Å². The van der Waals surface area contributed by atoms with Crippen LogP contribution in [0, 0.1) is 0 Å². The minimum absolute atomic E-state index is 0.120. The van der Waals surface area contributed by atoms with Gasteiger partial charge in [-0.3, -0.25) is 4.79 Å². The number of amides is 1. The number of carbonyl (C=O) groups is 1. The number of hydrogen-bond acceptors (Lipinski definition) is 2. The lowest BCUT2D eigenvalue weighted by Crippen LogP contribution is -2.36. The van der Waals surface area contributed by atoms with Gasteiger partial charge < -0.3 is 10.6 Å². The summed E-state index contributed by atoms with van der Waals surface area (Å²) in [5.74, 6) is 0.120. The molecule has 0 bridgehead atoms. The second-order valence-corrected chi connectivity index (χ2v) is 5.71. The Balaban J connectivity index is 1.65. The molecule has 1 fully saturated rings. The van der Waals surface area contributed by atoms with Gasteiger partial charge in [-0.05, 0) is 43.9 Å². The van der Waals surface area contributed by atoms with Crippen molar-refractivity contribution in [2.24, 2.45) is 0 Å². The molecule has 0 radical (unpaired) electrons. The van der Waals surface area contributed by atoms with Crippen LogP contribution >= 0.6 is 11.6 Å². The third-order valence-corrected chi connectivity index (χ3v) is 3.48. The number of halogens is 1. The van der Waals surface area contributed by atoms with Gasteiger partial charge in [-0.25, -0.2) is 0 Å². The fourth-order valence-corrected chi connectivity index (χ4v) is 2.18. The summed E-state index contributed by atoms with van der Waals surface area (Å²) in [6, 6.07) is 8.57. The van der Waals surface area contributed by atoms with E-state index in [0.717, 1.165) is 18.0 Å². The molecule has 19 heavy (non-hydrogen) atoms. The Bertz CT molecular complexity index is 415. The highest BCUT2D eigenvalue weighted by atomic mass is 35.5. The van der Waals surface area contributed by atoms with Crippen molar-refractivity contribution in [3.63, 3.8) is 0 Å². The van der Waals surface area contributed by atoms with E-state index in [-0.39, 0.29) is 11.9 Å². The molecule has 1 unspecified atom stereocenters. The summed E-state index contributed by atoms with van der Waals surface area (Å²) < 4.78 is 0. The van der Waals surface area contributed by atoms with Crippen molar-refractivity contribution in [1.29, 1.82) is 0 Å². The van der Waals surface area contributed by atoms with E-state index in [1.54, 1.807) is 0 Å². The van der Waals surface area contributed by atoms with Crippen LogP contribution in [0.4, 0.5) is 0 Å². The molecule has 1 aromatic rings.